The van der Waals surface area contributed by atoms with E-state index in [1.54, 1.807) is 0 Å². The van der Waals surface area contributed by atoms with E-state index < -0.39 is 0 Å². The fourth-order valence-electron chi connectivity index (χ4n) is 2.96. The molecular formula is C15H23N5O. The summed E-state index contributed by atoms with van der Waals surface area (Å²) in [5.74, 6) is 1.22. The van der Waals surface area contributed by atoms with Crippen LogP contribution in [0.1, 0.15) is 18.1 Å². The van der Waals surface area contributed by atoms with Crippen molar-refractivity contribution >= 4 is 17.3 Å². The Labute approximate surface area is 125 Å². The molecule has 0 saturated heterocycles. The minimum Gasteiger partial charge on any atom is -0.603 e. The molecule has 0 fully saturated rings. The molecule has 1 heterocycles. The largest absolute Gasteiger partial charge is 0.603 e. The molecule has 21 heavy (non-hydrogen) atoms. The van der Waals surface area contributed by atoms with Crippen LogP contribution in [0.15, 0.2) is 17.1 Å². The molecule has 0 saturated carbocycles. The summed E-state index contributed by atoms with van der Waals surface area (Å²) in [6.07, 6.45) is 2.17. The summed E-state index contributed by atoms with van der Waals surface area (Å²) < 4.78 is 0. The molecule has 2 aliphatic rings. The first-order chi connectivity index (χ1) is 10.0. The van der Waals surface area contributed by atoms with Gasteiger partial charge in [-0.3, -0.25) is 0 Å². The quantitative estimate of drug-likeness (QED) is 0.700. The summed E-state index contributed by atoms with van der Waals surface area (Å²) in [7, 11) is 4.01. The van der Waals surface area contributed by atoms with Gasteiger partial charge in [0, 0.05) is 12.6 Å². The number of nitrogens with zero attached hydrogens (tertiary/aromatic N) is 2. The van der Waals surface area contributed by atoms with Crippen molar-refractivity contribution in [3.8, 4) is 0 Å². The van der Waals surface area contributed by atoms with Crippen molar-refractivity contribution in [1.29, 1.82) is 0 Å². The number of rotatable bonds is 3. The van der Waals surface area contributed by atoms with Crippen LogP contribution in [-0.2, 0) is 12.8 Å². The predicted octanol–water partition coefficient (Wildman–Crippen LogP) is 0.283. The van der Waals surface area contributed by atoms with Crippen LogP contribution < -0.4 is 15.9 Å². The van der Waals surface area contributed by atoms with E-state index in [2.05, 4.69) is 33.6 Å². The number of benzene rings is 1. The highest BCUT2D eigenvalue weighted by atomic mass is 16.5. The number of likely N-dealkylation sites (N-methyl/N-ethyl adjacent to an activating group) is 1. The number of aliphatic imine (C=N–C) groups is 1. The molecule has 3 N–H and O–H groups in total. The van der Waals surface area contributed by atoms with Gasteiger partial charge in [-0.15, -0.1) is 0 Å². The van der Waals surface area contributed by atoms with Crippen LogP contribution >= 0.6 is 0 Å². The Balaban J connectivity index is 1.80. The Morgan fingerprint density at radius 1 is 1.33 bits per heavy atom. The number of nitrogens with one attached hydrogen (secondary N) is 3. The van der Waals surface area contributed by atoms with Gasteiger partial charge in [-0.2, -0.15) is 5.43 Å². The summed E-state index contributed by atoms with van der Waals surface area (Å²) in [6.45, 7) is 3.77. The van der Waals surface area contributed by atoms with Crippen LogP contribution in [0.25, 0.3) is 0 Å². The van der Waals surface area contributed by atoms with Crippen LogP contribution in [0, 0.1) is 11.1 Å². The zero-order valence-corrected chi connectivity index (χ0v) is 12.9. The summed E-state index contributed by atoms with van der Waals surface area (Å²) in [4.78, 5) is 6.48. The summed E-state index contributed by atoms with van der Waals surface area (Å²) >= 11 is 0. The molecule has 1 aromatic carbocycles. The first-order valence-electron chi connectivity index (χ1n) is 7.46. The molecule has 6 heteroatoms. The van der Waals surface area contributed by atoms with Crippen LogP contribution in [0.5, 0.6) is 0 Å². The van der Waals surface area contributed by atoms with E-state index >= 15 is 0 Å². The van der Waals surface area contributed by atoms with Crippen molar-refractivity contribution in [1.82, 2.24) is 10.3 Å². The van der Waals surface area contributed by atoms with Crippen molar-refractivity contribution in [2.24, 2.45) is 10.9 Å². The van der Waals surface area contributed by atoms with E-state index in [4.69, 9.17) is 0 Å². The minimum atomic E-state index is -0.0605. The molecule has 0 bridgehead atoms. The van der Waals surface area contributed by atoms with Gasteiger partial charge < -0.3 is 15.4 Å². The average Bonchev–Trinajstić information content (AvgIpc) is 2.75. The Morgan fingerprint density at radius 2 is 2.05 bits per heavy atom. The van der Waals surface area contributed by atoms with Gasteiger partial charge in [-0.1, -0.05) is 6.92 Å². The minimum absolute atomic E-state index is 0.0605. The van der Waals surface area contributed by atoms with E-state index in [9.17, 15) is 5.21 Å². The van der Waals surface area contributed by atoms with Gasteiger partial charge in [0.15, 0.2) is 5.69 Å². The molecule has 2 unspecified atom stereocenters. The van der Waals surface area contributed by atoms with Crippen molar-refractivity contribution in [2.45, 2.75) is 19.8 Å². The maximum Gasteiger partial charge on any atom is 0.243 e. The molecule has 1 aliphatic heterocycles. The number of hydrogen-bond acceptors (Lipinski definition) is 3. The summed E-state index contributed by atoms with van der Waals surface area (Å²) in [5.41, 5.74) is 7.11. The Hall–Kier alpha value is -1.63. The van der Waals surface area contributed by atoms with E-state index in [0.29, 0.717) is 18.4 Å². The van der Waals surface area contributed by atoms with Gasteiger partial charge in [-0.25, -0.2) is 10.2 Å². The zero-order valence-electron chi connectivity index (χ0n) is 12.9. The lowest BCUT2D eigenvalue weighted by Crippen LogP contribution is -3.11. The molecule has 0 spiro atoms. The van der Waals surface area contributed by atoms with E-state index in [1.807, 2.05) is 20.2 Å². The molecule has 1 aliphatic carbocycles. The van der Waals surface area contributed by atoms with Crippen LogP contribution in [0.2, 0.25) is 0 Å². The highest BCUT2D eigenvalue weighted by molar-refractivity contribution is 5.96. The third-order valence-corrected chi connectivity index (χ3v) is 4.02. The van der Waals surface area contributed by atoms with Crippen LogP contribution in [0.3, 0.4) is 0 Å². The number of quaternary nitrogens is 1. The lowest BCUT2D eigenvalue weighted by molar-refractivity contribution is -0.816. The van der Waals surface area contributed by atoms with Gasteiger partial charge >= 0.3 is 0 Å². The summed E-state index contributed by atoms with van der Waals surface area (Å²) in [6, 6.07) is 4.15. The standard InChI is InChI=1S/C15H23N5O/c1-10-6-11-8-13-14(9-12(11)7-10)20(21)18-15(17-13)16-4-5-19(2)3/h8-10,20H,4-7H2,1-3H3,(H2,16,17,18). The fraction of sp³-hybridized carbons (Fsp3) is 0.533. The topological polar surface area (TPSA) is 67.2 Å². The Kier molecular flexibility index (Phi) is 3.84. The number of hydrogen-bond donors (Lipinski definition) is 3. The molecule has 2 atom stereocenters. The molecule has 0 aromatic heterocycles. The molecule has 0 amide bonds. The maximum absolute atomic E-state index is 12.2. The van der Waals surface area contributed by atoms with Gasteiger partial charge in [0.05, 0.1) is 6.54 Å². The highest BCUT2D eigenvalue weighted by Gasteiger charge is 2.26. The van der Waals surface area contributed by atoms with Gasteiger partial charge in [0.1, 0.15) is 5.69 Å². The van der Waals surface area contributed by atoms with Crippen molar-refractivity contribution in [3.05, 3.63) is 28.5 Å². The van der Waals surface area contributed by atoms with Crippen molar-refractivity contribution < 1.29 is 5.17 Å². The normalized spacial score (nSPS) is 25.5. The first-order valence-corrected chi connectivity index (χ1v) is 7.46. The zero-order chi connectivity index (χ0) is 15.0. The van der Waals surface area contributed by atoms with Crippen molar-refractivity contribution in [2.75, 3.05) is 32.5 Å². The smallest absolute Gasteiger partial charge is 0.243 e. The SMILES string of the molecule is CC1Cc2cc3c(cc2C1)[NH+]([O-])NC(=NCCN(C)C)N3. The average molecular weight is 289 g/mol. The van der Waals surface area contributed by atoms with Gasteiger partial charge in [-0.05, 0) is 50.0 Å². The van der Waals surface area contributed by atoms with Crippen LogP contribution in [-0.4, -0.2) is 38.0 Å². The second-order valence-corrected chi connectivity index (χ2v) is 6.29. The lowest BCUT2D eigenvalue weighted by atomic mass is 10.1. The number of guanidine groups is 1. The second kappa shape index (κ2) is 5.63. The lowest BCUT2D eigenvalue weighted by Gasteiger charge is -2.31. The first kappa shape index (κ1) is 14.3. The monoisotopic (exact) mass is 289 g/mol. The second-order valence-electron chi connectivity index (χ2n) is 6.29. The number of fused-ring (bicyclic) bond motifs is 2. The summed E-state index contributed by atoms with van der Waals surface area (Å²) in [5, 5.41) is 15.4. The third-order valence-electron chi connectivity index (χ3n) is 4.02. The molecule has 3 rings (SSSR count). The molecule has 0 radical (unpaired) electrons. The highest BCUT2D eigenvalue weighted by Crippen LogP contribution is 2.33. The Bertz CT molecular complexity index is 569. The third kappa shape index (κ3) is 3.02. The maximum atomic E-state index is 12.2. The number of anilines is 1. The van der Waals surface area contributed by atoms with E-state index in [-0.39, 0.29) is 5.17 Å². The molecule has 1 aromatic rings. The van der Waals surface area contributed by atoms with Crippen LogP contribution in [0.4, 0.5) is 11.4 Å². The molecular weight excluding hydrogens is 266 g/mol. The van der Waals surface area contributed by atoms with Gasteiger partial charge in [0.2, 0.25) is 5.96 Å². The van der Waals surface area contributed by atoms with E-state index in [0.717, 1.165) is 30.8 Å². The molecule has 6 nitrogen and oxygen atoms in total. The molecule has 114 valence electrons. The Morgan fingerprint density at radius 3 is 2.76 bits per heavy atom. The predicted molar refractivity (Wildman–Crippen MR) is 84.6 cm³/mol. The van der Waals surface area contributed by atoms with E-state index in [1.165, 1.54) is 11.1 Å². The van der Waals surface area contributed by atoms with Crippen molar-refractivity contribution in [3.63, 3.8) is 0 Å². The fourth-order valence-corrected chi connectivity index (χ4v) is 2.96. The van der Waals surface area contributed by atoms with Gasteiger partial charge in [0.25, 0.3) is 0 Å².